The molecule has 2 fully saturated rings. The second-order valence-corrected chi connectivity index (χ2v) is 12.0. The van der Waals surface area contributed by atoms with Crippen LogP contribution in [0, 0.1) is 0 Å². The van der Waals surface area contributed by atoms with Gasteiger partial charge in [0.2, 0.25) is 10.0 Å². The van der Waals surface area contributed by atoms with Crippen molar-refractivity contribution >= 4 is 10.0 Å². The maximum Gasteiger partial charge on any atom is 0.416 e. The number of aliphatic hydroxyl groups is 2. The van der Waals surface area contributed by atoms with E-state index in [2.05, 4.69) is 5.32 Å². The number of hydrogen-bond acceptors (Lipinski definition) is 7. The van der Waals surface area contributed by atoms with Crippen molar-refractivity contribution in [3.05, 3.63) is 59.7 Å². The molecule has 2 aliphatic heterocycles. The van der Waals surface area contributed by atoms with Crippen LogP contribution in [0.4, 0.5) is 26.3 Å². The number of rotatable bonds is 5. The lowest BCUT2D eigenvalue weighted by molar-refractivity contribution is -0.138. The number of halogens is 6. The van der Waals surface area contributed by atoms with Gasteiger partial charge >= 0.3 is 12.4 Å². The zero-order valence-electron chi connectivity index (χ0n) is 22.7. The van der Waals surface area contributed by atoms with E-state index in [0.717, 1.165) is 37.1 Å². The fourth-order valence-electron chi connectivity index (χ4n) is 4.44. The molecule has 0 radical (unpaired) electrons. The molecule has 236 valence electrons. The SMILES string of the molecule is CS(=O)(=O)N1CC[C@@H](O)[C@H](Oc2ccc(C(F)(F)F)cc2)CC1.O[C@@H]1CCNCC[C@H]1Oc1ccc(C(F)(F)F)cc1. The summed E-state index contributed by atoms with van der Waals surface area (Å²) in [6.07, 6.45) is -8.54. The van der Waals surface area contributed by atoms with Gasteiger partial charge in [0, 0.05) is 19.5 Å². The Morgan fingerprint density at radius 2 is 1.12 bits per heavy atom. The molecular weight excluding hydrogens is 594 g/mol. The van der Waals surface area contributed by atoms with Crippen LogP contribution in [0.15, 0.2) is 48.5 Å². The van der Waals surface area contributed by atoms with Crippen LogP contribution in [0.5, 0.6) is 11.5 Å². The minimum absolute atomic E-state index is 0.187. The number of hydrogen-bond donors (Lipinski definition) is 3. The summed E-state index contributed by atoms with van der Waals surface area (Å²) in [4.78, 5) is 0. The minimum Gasteiger partial charge on any atom is -0.488 e. The van der Waals surface area contributed by atoms with Gasteiger partial charge in [-0.1, -0.05) is 0 Å². The highest BCUT2D eigenvalue weighted by Gasteiger charge is 2.32. The topological polar surface area (TPSA) is 108 Å². The molecule has 4 atom stereocenters. The molecule has 0 aromatic heterocycles. The lowest BCUT2D eigenvalue weighted by atomic mass is 10.1. The first kappa shape index (κ1) is 33.9. The van der Waals surface area contributed by atoms with E-state index in [1.807, 2.05) is 0 Å². The zero-order valence-corrected chi connectivity index (χ0v) is 23.6. The Hall–Kier alpha value is -2.59. The van der Waals surface area contributed by atoms with Crippen LogP contribution >= 0.6 is 0 Å². The van der Waals surface area contributed by atoms with Gasteiger partial charge in [-0.2, -0.15) is 26.3 Å². The summed E-state index contributed by atoms with van der Waals surface area (Å²) in [5, 5.41) is 23.0. The molecule has 8 nitrogen and oxygen atoms in total. The third-order valence-electron chi connectivity index (χ3n) is 6.83. The van der Waals surface area contributed by atoms with Gasteiger partial charge < -0.3 is 25.0 Å². The van der Waals surface area contributed by atoms with Crippen molar-refractivity contribution < 1.29 is 54.4 Å². The third kappa shape index (κ3) is 10.3. The van der Waals surface area contributed by atoms with Crippen molar-refractivity contribution in [3.63, 3.8) is 0 Å². The highest BCUT2D eigenvalue weighted by molar-refractivity contribution is 7.88. The van der Waals surface area contributed by atoms with Gasteiger partial charge in [-0.25, -0.2) is 12.7 Å². The van der Waals surface area contributed by atoms with E-state index in [1.54, 1.807) is 0 Å². The maximum absolute atomic E-state index is 12.5. The van der Waals surface area contributed by atoms with Crippen LogP contribution in [0.3, 0.4) is 0 Å². The van der Waals surface area contributed by atoms with E-state index in [4.69, 9.17) is 9.47 Å². The average molecular weight is 629 g/mol. The van der Waals surface area contributed by atoms with Gasteiger partial charge in [-0.05, 0) is 80.9 Å². The predicted molar refractivity (Wildman–Crippen MR) is 141 cm³/mol. The first-order valence-corrected chi connectivity index (χ1v) is 15.1. The Labute approximate surface area is 240 Å². The van der Waals surface area contributed by atoms with Crippen molar-refractivity contribution in [2.45, 2.75) is 62.5 Å². The van der Waals surface area contributed by atoms with Crippen molar-refractivity contribution in [1.82, 2.24) is 9.62 Å². The van der Waals surface area contributed by atoms with Crippen molar-refractivity contribution in [2.75, 3.05) is 32.4 Å². The Morgan fingerprint density at radius 3 is 1.57 bits per heavy atom. The maximum atomic E-state index is 12.5. The van der Waals surface area contributed by atoms with Gasteiger partial charge in [0.15, 0.2) is 0 Å². The molecule has 2 heterocycles. The Morgan fingerprint density at radius 1 is 0.714 bits per heavy atom. The first-order valence-electron chi connectivity index (χ1n) is 13.2. The second kappa shape index (κ2) is 14.3. The van der Waals surface area contributed by atoms with Crippen LogP contribution in [0.1, 0.15) is 36.8 Å². The molecule has 2 aromatic rings. The number of aliphatic hydroxyl groups excluding tert-OH is 2. The fraction of sp³-hybridized carbons (Fsp3) is 0.556. The van der Waals surface area contributed by atoms with E-state index in [9.17, 15) is 45.0 Å². The molecule has 2 saturated heterocycles. The summed E-state index contributed by atoms with van der Waals surface area (Å²) < 4.78 is 110. The molecule has 4 rings (SSSR count). The van der Waals surface area contributed by atoms with E-state index in [0.29, 0.717) is 25.1 Å². The normalized spacial score (nSPS) is 24.5. The Balaban J connectivity index is 0.000000235. The third-order valence-corrected chi connectivity index (χ3v) is 8.13. The molecule has 15 heteroatoms. The fourth-order valence-corrected chi connectivity index (χ4v) is 5.31. The molecule has 0 spiro atoms. The number of sulfonamides is 1. The van der Waals surface area contributed by atoms with Crippen molar-refractivity contribution in [2.24, 2.45) is 0 Å². The van der Waals surface area contributed by atoms with Crippen molar-refractivity contribution in [1.29, 1.82) is 0 Å². The van der Waals surface area contributed by atoms with Crippen molar-refractivity contribution in [3.8, 4) is 11.5 Å². The molecule has 0 aliphatic carbocycles. The number of nitrogens with one attached hydrogen (secondary N) is 1. The van der Waals surface area contributed by atoms with Crippen LogP contribution < -0.4 is 14.8 Å². The number of ether oxygens (including phenoxy) is 2. The second-order valence-electron chi connectivity index (χ2n) is 10.1. The number of nitrogens with zero attached hydrogens (tertiary/aromatic N) is 1. The predicted octanol–water partition coefficient (Wildman–Crippen LogP) is 4.07. The highest BCUT2D eigenvalue weighted by atomic mass is 32.2. The van der Waals surface area contributed by atoms with Gasteiger partial charge in [-0.15, -0.1) is 0 Å². The molecule has 0 unspecified atom stereocenters. The van der Waals surface area contributed by atoms with Gasteiger partial charge in [0.1, 0.15) is 23.7 Å². The summed E-state index contributed by atoms with van der Waals surface area (Å²) in [6, 6.07) is 8.72. The van der Waals surface area contributed by atoms with Crippen LogP contribution in [-0.4, -0.2) is 79.8 Å². The standard InChI is InChI=1S/C14H18F3NO4S.C13H16F3NO2/c1-23(20,21)18-8-6-12(19)13(7-9-18)22-11-4-2-10(3-5-11)14(15,16)17;14-13(15,16)9-1-3-10(4-2-9)19-12-6-8-17-7-5-11(12)18/h2-5,12-13,19H,6-9H2,1H3;1-4,11-12,17-18H,5-8H2/t12-,13-;11-,12-/m11/s1. The van der Waals surface area contributed by atoms with E-state index in [-0.39, 0.29) is 37.8 Å². The van der Waals surface area contributed by atoms with E-state index in [1.165, 1.54) is 28.6 Å². The summed E-state index contributed by atoms with van der Waals surface area (Å²) in [6.45, 7) is 1.82. The summed E-state index contributed by atoms with van der Waals surface area (Å²) in [5.41, 5.74) is -1.49. The van der Waals surface area contributed by atoms with E-state index < -0.39 is 51.8 Å². The quantitative estimate of drug-likeness (QED) is 0.429. The van der Waals surface area contributed by atoms with Crippen LogP contribution in [0.25, 0.3) is 0 Å². The summed E-state index contributed by atoms with van der Waals surface area (Å²) >= 11 is 0. The minimum atomic E-state index is -4.42. The van der Waals surface area contributed by atoms with Crippen LogP contribution in [0.2, 0.25) is 0 Å². The van der Waals surface area contributed by atoms with Gasteiger partial charge in [0.05, 0.1) is 29.6 Å². The van der Waals surface area contributed by atoms with E-state index >= 15 is 0 Å². The lowest BCUT2D eigenvalue weighted by Crippen LogP contribution is -2.32. The molecule has 3 N–H and O–H groups in total. The largest absolute Gasteiger partial charge is 0.488 e. The van der Waals surface area contributed by atoms with Gasteiger partial charge in [0.25, 0.3) is 0 Å². The monoisotopic (exact) mass is 628 g/mol. The molecule has 2 aromatic carbocycles. The molecule has 0 amide bonds. The van der Waals surface area contributed by atoms with Gasteiger partial charge in [-0.3, -0.25) is 0 Å². The molecule has 2 aliphatic rings. The molecule has 0 saturated carbocycles. The number of alkyl halides is 6. The summed E-state index contributed by atoms with van der Waals surface area (Å²) in [7, 11) is -3.35. The highest BCUT2D eigenvalue weighted by Crippen LogP contribution is 2.32. The smallest absolute Gasteiger partial charge is 0.416 e. The molecular formula is C27H34F6N2O6S. The van der Waals surface area contributed by atoms with Crippen LogP contribution in [-0.2, 0) is 22.4 Å². The summed E-state index contributed by atoms with van der Waals surface area (Å²) in [5.74, 6) is 0.550. The Kier molecular flexibility index (Phi) is 11.5. The number of benzene rings is 2. The Bertz CT molecular complexity index is 1230. The zero-order chi connectivity index (χ0) is 31.1. The lowest BCUT2D eigenvalue weighted by Gasteiger charge is -2.22. The first-order chi connectivity index (χ1) is 19.5. The molecule has 0 bridgehead atoms. The average Bonchev–Trinajstić information content (AvgIpc) is 3.22. The molecule has 42 heavy (non-hydrogen) atoms.